The van der Waals surface area contributed by atoms with Crippen molar-refractivity contribution in [3.05, 3.63) is 58.1 Å². The number of anilines is 2. The summed E-state index contributed by atoms with van der Waals surface area (Å²) in [5.41, 5.74) is 4.16. The minimum Gasteiger partial charge on any atom is -0.326 e. The van der Waals surface area contributed by atoms with Gasteiger partial charge in [0.1, 0.15) is 5.69 Å². The molecule has 1 amide bonds. The van der Waals surface area contributed by atoms with Gasteiger partial charge >= 0.3 is 0 Å². The number of benzene rings is 2. The molecule has 1 heterocycles. The van der Waals surface area contributed by atoms with Crippen LogP contribution < -0.4 is 10.7 Å². The van der Waals surface area contributed by atoms with Crippen molar-refractivity contribution in [2.75, 3.05) is 23.8 Å². The highest BCUT2D eigenvalue weighted by Gasteiger charge is 2.29. The summed E-state index contributed by atoms with van der Waals surface area (Å²) in [7, 11) is -3.77. The molecule has 0 unspecified atom stereocenters. The summed E-state index contributed by atoms with van der Waals surface area (Å²) < 4.78 is 26.7. The van der Waals surface area contributed by atoms with Gasteiger partial charge in [0.05, 0.1) is 15.5 Å². The number of nitro benzene ring substituents is 1. The SMILES string of the molecule is CC(=O)Nc1cccc(C(C)=NNc2ccc(S(=O)(=O)N3CCCC3)cc2[N+](=O)[O-])c1. The van der Waals surface area contributed by atoms with E-state index in [-0.39, 0.29) is 22.2 Å². The van der Waals surface area contributed by atoms with Crippen LogP contribution in [0.15, 0.2) is 52.5 Å². The molecule has 10 nitrogen and oxygen atoms in total. The Balaban J connectivity index is 1.86. The second-order valence-electron chi connectivity index (χ2n) is 7.12. The van der Waals surface area contributed by atoms with E-state index in [1.54, 1.807) is 31.2 Å². The van der Waals surface area contributed by atoms with Gasteiger partial charge in [-0.05, 0) is 49.6 Å². The fraction of sp³-hybridized carbons (Fsp3) is 0.300. The fourth-order valence-electron chi connectivity index (χ4n) is 3.23. The van der Waals surface area contributed by atoms with E-state index < -0.39 is 14.9 Å². The molecule has 2 N–H and O–H groups in total. The standard InChI is InChI=1S/C20H23N5O5S/c1-14(16-6-5-7-17(12-16)21-15(2)26)22-23-19-9-8-18(13-20(19)25(27)28)31(29,30)24-10-3-4-11-24/h5-9,12-13,23H,3-4,10-11H2,1-2H3,(H,21,26). The maximum absolute atomic E-state index is 12.7. The lowest BCUT2D eigenvalue weighted by atomic mass is 10.1. The number of carbonyl (C=O) groups is 1. The van der Waals surface area contributed by atoms with E-state index in [0.29, 0.717) is 30.1 Å². The molecule has 0 aromatic heterocycles. The summed E-state index contributed by atoms with van der Waals surface area (Å²) in [6.07, 6.45) is 1.55. The molecule has 0 aliphatic carbocycles. The first kappa shape index (κ1) is 22.4. The van der Waals surface area contributed by atoms with Gasteiger partial charge in [-0.15, -0.1) is 0 Å². The number of hydrogen-bond donors (Lipinski definition) is 2. The number of sulfonamides is 1. The zero-order valence-corrected chi connectivity index (χ0v) is 18.0. The van der Waals surface area contributed by atoms with Crippen molar-refractivity contribution in [3.63, 3.8) is 0 Å². The minimum atomic E-state index is -3.77. The second-order valence-corrected chi connectivity index (χ2v) is 9.06. The number of hydrogen-bond acceptors (Lipinski definition) is 7. The van der Waals surface area contributed by atoms with Gasteiger partial charge in [-0.1, -0.05) is 12.1 Å². The summed E-state index contributed by atoms with van der Waals surface area (Å²) in [5.74, 6) is -0.204. The lowest BCUT2D eigenvalue weighted by Crippen LogP contribution is -2.27. The highest BCUT2D eigenvalue weighted by atomic mass is 32.2. The average Bonchev–Trinajstić information content (AvgIpc) is 3.27. The van der Waals surface area contributed by atoms with E-state index in [1.807, 2.05) is 0 Å². The Morgan fingerprint density at radius 2 is 1.84 bits per heavy atom. The zero-order valence-electron chi connectivity index (χ0n) is 17.2. The van der Waals surface area contributed by atoms with Gasteiger partial charge in [0, 0.05) is 31.8 Å². The predicted molar refractivity (Wildman–Crippen MR) is 118 cm³/mol. The fourth-order valence-corrected chi connectivity index (χ4v) is 4.77. The van der Waals surface area contributed by atoms with Crippen LogP contribution in [0, 0.1) is 10.1 Å². The molecule has 1 saturated heterocycles. The molecule has 3 rings (SSSR count). The molecular formula is C20H23N5O5S. The van der Waals surface area contributed by atoms with Crippen molar-refractivity contribution in [2.24, 2.45) is 5.10 Å². The molecule has 0 saturated carbocycles. The molecule has 164 valence electrons. The number of nitrogens with zero attached hydrogens (tertiary/aromatic N) is 3. The van der Waals surface area contributed by atoms with Crippen LogP contribution in [-0.4, -0.2) is 42.4 Å². The Kier molecular flexibility index (Phi) is 6.66. The Bertz CT molecular complexity index is 1140. The van der Waals surface area contributed by atoms with Gasteiger partial charge in [-0.3, -0.25) is 20.3 Å². The van der Waals surface area contributed by atoms with Gasteiger partial charge < -0.3 is 5.32 Å². The predicted octanol–water partition coefficient (Wildman–Crippen LogP) is 3.17. The maximum Gasteiger partial charge on any atom is 0.295 e. The van der Waals surface area contributed by atoms with Crippen molar-refractivity contribution >= 4 is 38.7 Å². The number of amides is 1. The molecule has 2 aromatic carbocycles. The van der Waals surface area contributed by atoms with Crippen LogP contribution in [0.5, 0.6) is 0 Å². The molecule has 0 atom stereocenters. The van der Waals surface area contributed by atoms with Gasteiger partial charge in [0.2, 0.25) is 15.9 Å². The third kappa shape index (κ3) is 5.25. The van der Waals surface area contributed by atoms with Crippen LogP contribution in [0.1, 0.15) is 32.3 Å². The van der Waals surface area contributed by atoms with E-state index in [9.17, 15) is 23.3 Å². The maximum atomic E-state index is 12.7. The Morgan fingerprint density at radius 1 is 1.13 bits per heavy atom. The smallest absolute Gasteiger partial charge is 0.295 e. The number of hydrazone groups is 1. The van der Waals surface area contributed by atoms with Crippen molar-refractivity contribution < 1.29 is 18.1 Å². The molecule has 0 bridgehead atoms. The molecular weight excluding hydrogens is 422 g/mol. The molecule has 0 radical (unpaired) electrons. The van der Waals surface area contributed by atoms with Crippen LogP contribution in [0.4, 0.5) is 17.1 Å². The highest BCUT2D eigenvalue weighted by molar-refractivity contribution is 7.89. The van der Waals surface area contributed by atoms with E-state index in [4.69, 9.17) is 0 Å². The lowest BCUT2D eigenvalue weighted by molar-refractivity contribution is -0.384. The van der Waals surface area contributed by atoms with Crippen LogP contribution in [-0.2, 0) is 14.8 Å². The van der Waals surface area contributed by atoms with Crippen molar-refractivity contribution in [1.29, 1.82) is 0 Å². The molecule has 0 spiro atoms. The van der Waals surface area contributed by atoms with Crippen molar-refractivity contribution in [2.45, 2.75) is 31.6 Å². The van der Waals surface area contributed by atoms with Gasteiger partial charge in [0.15, 0.2) is 0 Å². The number of rotatable bonds is 7. The third-order valence-electron chi connectivity index (χ3n) is 4.81. The first-order chi connectivity index (χ1) is 14.7. The molecule has 1 aliphatic heterocycles. The first-order valence-electron chi connectivity index (χ1n) is 9.65. The summed E-state index contributed by atoms with van der Waals surface area (Å²) in [4.78, 5) is 22.0. The summed E-state index contributed by atoms with van der Waals surface area (Å²) >= 11 is 0. The Morgan fingerprint density at radius 3 is 2.48 bits per heavy atom. The van der Waals surface area contributed by atoms with Crippen molar-refractivity contribution in [1.82, 2.24) is 4.31 Å². The lowest BCUT2D eigenvalue weighted by Gasteiger charge is -2.15. The summed E-state index contributed by atoms with van der Waals surface area (Å²) in [5, 5.41) is 18.4. The zero-order chi connectivity index (χ0) is 22.6. The van der Waals surface area contributed by atoms with Gasteiger partial charge in [-0.2, -0.15) is 9.41 Å². The first-order valence-corrected chi connectivity index (χ1v) is 11.1. The van der Waals surface area contributed by atoms with Crippen LogP contribution in [0.3, 0.4) is 0 Å². The highest BCUT2D eigenvalue weighted by Crippen LogP contribution is 2.30. The van der Waals surface area contributed by atoms with Gasteiger partial charge in [0.25, 0.3) is 5.69 Å². The Hall–Kier alpha value is -3.31. The number of carbonyl (C=O) groups excluding carboxylic acids is 1. The Labute approximate surface area is 180 Å². The second kappa shape index (κ2) is 9.23. The van der Waals surface area contributed by atoms with Crippen LogP contribution in [0.25, 0.3) is 0 Å². The number of nitro groups is 1. The topological polar surface area (TPSA) is 134 Å². The molecule has 1 aliphatic rings. The largest absolute Gasteiger partial charge is 0.326 e. The molecule has 31 heavy (non-hydrogen) atoms. The molecule has 2 aromatic rings. The normalized spacial score (nSPS) is 15.0. The van der Waals surface area contributed by atoms with E-state index in [2.05, 4.69) is 15.8 Å². The summed E-state index contributed by atoms with van der Waals surface area (Å²) in [6.45, 7) is 3.94. The summed E-state index contributed by atoms with van der Waals surface area (Å²) in [6, 6.07) is 10.7. The van der Waals surface area contributed by atoms with E-state index in [1.165, 1.54) is 23.4 Å². The van der Waals surface area contributed by atoms with Crippen molar-refractivity contribution in [3.8, 4) is 0 Å². The quantitative estimate of drug-likeness (QED) is 0.382. The van der Waals surface area contributed by atoms with Crippen LogP contribution >= 0.6 is 0 Å². The molecule has 1 fully saturated rings. The molecule has 11 heteroatoms. The van der Waals surface area contributed by atoms with Crippen LogP contribution in [0.2, 0.25) is 0 Å². The minimum absolute atomic E-state index is 0.0720. The number of nitrogens with one attached hydrogen (secondary N) is 2. The third-order valence-corrected chi connectivity index (χ3v) is 6.71. The van der Waals surface area contributed by atoms with Gasteiger partial charge in [-0.25, -0.2) is 8.42 Å². The monoisotopic (exact) mass is 445 g/mol. The van der Waals surface area contributed by atoms with E-state index >= 15 is 0 Å². The average molecular weight is 446 g/mol. The van der Waals surface area contributed by atoms with E-state index in [0.717, 1.165) is 18.9 Å².